The van der Waals surface area contributed by atoms with Crippen molar-refractivity contribution in [3.05, 3.63) is 65.7 Å². The Kier molecular flexibility index (Phi) is 6.89. The van der Waals surface area contributed by atoms with Crippen molar-refractivity contribution in [3.8, 4) is 5.75 Å². The molecule has 3 heteroatoms. The lowest BCUT2D eigenvalue weighted by Crippen LogP contribution is -2.34. The molecule has 0 aromatic heterocycles. The zero-order chi connectivity index (χ0) is 17.3. The lowest BCUT2D eigenvalue weighted by atomic mass is 9.98. The molecule has 0 bridgehead atoms. The largest absolute Gasteiger partial charge is 0.490 e. The molecule has 0 radical (unpaired) electrons. The Bertz CT molecular complexity index is 606. The van der Waals surface area contributed by atoms with Gasteiger partial charge in [-0.15, -0.1) is 0 Å². The highest BCUT2D eigenvalue weighted by atomic mass is 16.5. The van der Waals surface area contributed by atoms with Crippen LogP contribution >= 0.6 is 0 Å². The molecule has 2 aromatic carbocycles. The smallest absolute Gasteiger partial charge is 0.119 e. The standard InChI is InChI=1S/C22H29NO2/c24-17-20(23-16-19-7-3-1-4-8-19)15-18-11-13-22(14-12-18)25-21-9-5-2-6-10-21/h1,3-4,7-8,11-14,20-21,23-24H,2,5-6,9-10,15-17H2. The maximum absolute atomic E-state index is 9.65. The van der Waals surface area contributed by atoms with Crippen molar-refractivity contribution in [1.82, 2.24) is 5.32 Å². The van der Waals surface area contributed by atoms with E-state index in [1.807, 2.05) is 18.2 Å². The van der Waals surface area contributed by atoms with Gasteiger partial charge in [0.2, 0.25) is 0 Å². The number of aliphatic hydroxyl groups is 1. The Morgan fingerprint density at radius 1 is 0.920 bits per heavy atom. The first-order valence-corrected chi connectivity index (χ1v) is 9.47. The van der Waals surface area contributed by atoms with Gasteiger partial charge in [-0.25, -0.2) is 0 Å². The molecule has 0 spiro atoms. The maximum atomic E-state index is 9.65. The third kappa shape index (κ3) is 5.87. The summed E-state index contributed by atoms with van der Waals surface area (Å²) in [6.07, 6.45) is 7.47. The van der Waals surface area contributed by atoms with Crippen LogP contribution in [0.3, 0.4) is 0 Å². The first-order chi connectivity index (χ1) is 12.3. The van der Waals surface area contributed by atoms with E-state index in [0.717, 1.165) is 18.7 Å². The molecule has 1 aliphatic carbocycles. The summed E-state index contributed by atoms with van der Waals surface area (Å²) in [6, 6.07) is 18.7. The second kappa shape index (κ2) is 9.59. The first kappa shape index (κ1) is 18.0. The van der Waals surface area contributed by atoms with Crippen molar-refractivity contribution < 1.29 is 9.84 Å². The van der Waals surface area contributed by atoms with Gasteiger partial charge in [-0.1, -0.05) is 48.9 Å². The summed E-state index contributed by atoms with van der Waals surface area (Å²) in [5.41, 5.74) is 2.45. The van der Waals surface area contributed by atoms with Crippen molar-refractivity contribution >= 4 is 0 Å². The van der Waals surface area contributed by atoms with Crippen LogP contribution in [0.1, 0.15) is 43.2 Å². The van der Waals surface area contributed by atoms with Gasteiger partial charge in [-0.2, -0.15) is 0 Å². The molecule has 2 aromatic rings. The number of nitrogens with one attached hydrogen (secondary N) is 1. The number of hydrogen-bond donors (Lipinski definition) is 2. The molecule has 25 heavy (non-hydrogen) atoms. The fourth-order valence-electron chi connectivity index (χ4n) is 3.42. The fraction of sp³-hybridized carbons (Fsp3) is 0.455. The molecular weight excluding hydrogens is 310 g/mol. The van der Waals surface area contributed by atoms with Crippen LogP contribution in [0.2, 0.25) is 0 Å². The van der Waals surface area contributed by atoms with Gasteiger partial charge in [-0.05, 0) is 55.4 Å². The molecule has 1 unspecified atom stereocenters. The molecule has 1 saturated carbocycles. The predicted octanol–water partition coefficient (Wildman–Crippen LogP) is 4.09. The third-order valence-corrected chi connectivity index (χ3v) is 4.92. The van der Waals surface area contributed by atoms with Gasteiger partial charge in [-0.3, -0.25) is 0 Å². The Balaban J connectivity index is 1.48. The van der Waals surface area contributed by atoms with Crippen LogP contribution in [0, 0.1) is 0 Å². The second-order valence-electron chi connectivity index (χ2n) is 6.97. The Hall–Kier alpha value is -1.84. The van der Waals surface area contributed by atoms with E-state index < -0.39 is 0 Å². The first-order valence-electron chi connectivity index (χ1n) is 9.47. The molecule has 2 N–H and O–H groups in total. The summed E-state index contributed by atoms with van der Waals surface area (Å²) in [6.45, 7) is 0.905. The van der Waals surface area contributed by atoms with E-state index in [-0.39, 0.29) is 12.6 Å². The lowest BCUT2D eigenvalue weighted by molar-refractivity contribution is 0.155. The Morgan fingerprint density at radius 2 is 1.64 bits per heavy atom. The molecule has 1 atom stereocenters. The van der Waals surface area contributed by atoms with Gasteiger partial charge >= 0.3 is 0 Å². The van der Waals surface area contributed by atoms with Gasteiger partial charge in [0.15, 0.2) is 0 Å². The van der Waals surface area contributed by atoms with E-state index in [9.17, 15) is 5.11 Å². The highest BCUT2D eigenvalue weighted by molar-refractivity contribution is 5.28. The maximum Gasteiger partial charge on any atom is 0.119 e. The minimum Gasteiger partial charge on any atom is -0.490 e. The minimum atomic E-state index is 0.0605. The average Bonchev–Trinajstić information content (AvgIpc) is 2.68. The molecule has 3 nitrogen and oxygen atoms in total. The molecule has 1 fully saturated rings. The lowest BCUT2D eigenvalue weighted by Gasteiger charge is -2.23. The number of rotatable bonds is 8. The topological polar surface area (TPSA) is 41.5 Å². The molecule has 0 saturated heterocycles. The van der Waals surface area contributed by atoms with E-state index in [2.05, 4.69) is 41.7 Å². The molecule has 0 heterocycles. The summed E-state index contributed by atoms with van der Waals surface area (Å²) < 4.78 is 6.08. The normalized spacial score (nSPS) is 16.5. The van der Waals surface area contributed by atoms with E-state index in [1.165, 1.54) is 43.2 Å². The molecule has 3 rings (SSSR count). The quantitative estimate of drug-likeness (QED) is 0.761. The third-order valence-electron chi connectivity index (χ3n) is 4.92. The summed E-state index contributed by atoms with van der Waals surface area (Å²) in [7, 11) is 0. The van der Waals surface area contributed by atoms with Gasteiger partial charge in [0, 0.05) is 12.6 Å². The SMILES string of the molecule is OCC(Cc1ccc(OC2CCCCC2)cc1)NCc1ccccc1. The highest BCUT2D eigenvalue weighted by Gasteiger charge is 2.15. The van der Waals surface area contributed by atoms with E-state index in [4.69, 9.17) is 4.74 Å². The summed E-state index contributed by atoms with van der Waals surface area (Å²) in [5, 5.41) is 13.1. The van der Waals surface area contributed by atoms with E-state index in [1.54, 1.807) is 0 Å². The van der Waals surface area contributed by atoms with Gasteiger partial charge < -0.3 is 15.2 Å². The van der Waals surface area contributed by atoms with Gasteiger partial charge in [0.1, 0.15) is 5.75 Å². The van der Waals surface area contributed by atoms with Crippen LogP contribution in [0.4, 0.5) is 0 Å². The van der Waals surface area contributed by atoms with Crippen molar-refractivity contribution in [2.45, 2.75) is 57.2 Å². The van der Waals surface area contributed by atoms with Crippen molar-refractivity contribution in [2.24, 2.45) is 0 Å². The van der Waals surface area contributed by atoms with Crippen LogP contribution in [0.15, 0.2) is 54.6 Å². The van der Waals surface area contributed by atoms with Crippen LogP contribution in [0.5, 0.6) is 5.75 Å². The highest BCUT2D eigenvalue weighted by Crippen LogP contribution is 2.23. The average molecular weight is 339 g/mol. The molecule has 0 aliphatic heterocycles. The number of hydrogen-bond acceptors (Lipinski definition) is 3. The molecule has 134 valence electrons. The van der Waals surface area contributed by atoms with E-state index in [0.29, 0.717) is 6.10 Å². The number of benzene rings is 2. The van der Waals surface area contributed by atoms with Gasteiger partial charge in [0.25, 0.3) is 0 Å². The van der Waals surface area contributed by atoms with Crippen molar-refractivity contribution in [1.29, 1.82) is 0 Å². The number of aliphatic hydroxyl groups excluding tert-OH is 1. The Labute approximate surface area is 151 Å². The zero-order valence-electron chi connectivity index (χ0n) is 14.9. The van der Waals surface area contributed by atoms with Crippen molar-refractivity contribution in [3.63, 3.8) is 0 Å². The molecule has 0 amide bonds. The monoisotopic (exact) mass is 339 g/mol. The fourth-order valence-corrected chi connectivity index (χ4v) is 3.42. The zero-order valence-corrected chi connectivity index (χ0v) is 14.9. The second-order valence-corrected chi connectivity index (χ2v) is 6.97. The minimum absolute atomic E-state index is 0.0605. The summed E-state index contributed by atoms with van der Waals surface area (Å²) in [5.74, 6) is 0.966. The van der Waals surface area contributed by atoms with E-state index >= 15 is 0 Å². The van der Waals surface area contributed by atoms with Crippen LogP contribution in [-0.4, -0.2) is 23.9 Å². The molecule has 1 aliphatic rings. The Morgan fingerprint density at radius 3 is 2.32 bits per heavy atom. The predicted molar refractivity (Wildman–Crippen MR) is 102 cm³/mol. The summed E-state index contributed by atoms with van der Waals surface area (Å²) >= 11 is 0. The summed E-state index contributed by atoms with van der Waals surface area (Å²) in [4.78, 5) is 0. The van der Waals surface area contributed by atoms with Gasteiger partial charge in [0.05, 0.1) is 12.7 Å². The number of ether oxygens (including phenoxy) is 1. The van der Waals surface area contributed by atoms with Crippen LogP contribution < -0.4 is 10.1 Å². The van der Waals surface area contributed by atoms with Crippen LogP contribution in [0.25, 0.3) is 0 Å². The van der Waals surface area contributed by atoms with Crippen LogP contribution in [-0.2, 0) is 13.0 Å². The molecular formula is C22H29NO2. The van der Waals surface area contributed by atoms with Crippen molar-refractivity contribution in [2.75, 3.05) is 6.61 Å².